The fraction of sp³-hybridized carbons (Fsp3) is 0.361. The number of nitrogens with one attached hydrogen (secondary N) is 5. The number of hydrogen-bond acceptors (Lipinski definition) is 8. The number of carboxylic acid groups (broad SMARTS) is 1. The van der Waals surface area contributed by atoms with Gasteiger partial charge in [-0.1, -0.05) is 12.1 Å². The summed E-state index contributed by atoms with van der Waals surface area (Å²) in [6, 6.07) is 12.0. The Morgan fingerprint density at radius 3 is 2.56 bits per heavy atom. The van der Waals surface area contributed by atoms with Crippen LogP contribution in [0.5, 0.6) is 0 Å². The molecule has 0 radical (unpaired) electrons. The molecule has 2 amide bonds. The molecule has 1 aliphatic carbocycles. The Morgan fingerprint density at radius 1 is 0.938 bits per heavy atom. The van der Waals surface area contributed by atoms with E-state index in [4.69, 9.17) is 9.72 Å². The molecule has 4 aromatic heterocycles. The highest BCUT2D eigenvalue weighted by molar-refractivity contribution is 6.04. The van der Waals surface area contributed by atoms with Crippen LogP contribution in [0.15, 0.2) is 67.4 Å². The third-order valence-electron chi connectivity index (χ3n) is 9.47. The minimum atomic E-state index is -0.969. The SMILES string of the molecule is O=C(O)NC1CCC(Nc2c(NCC3CCOCC3)cnc3ccc(-c4c[nH]c5ncc(C(=O)NCc6cccnc6)cc45)cc23)CC1. The van der Waals surface area contributed by atoms with Crippen molar-refractivity contribution in [2.75, 3.05) is 30.4 Å². The summed E-state index contributed by atoms with van der Waals surface area (Å²) in [5.74, 6) is 0.323. The molecule has 0 spiro atoms. The van der Waals surface area contributed by atoms with Gasteiger partial charge in [0, 0.05) is 79.5 Å². The molecule has 1 saturated carbocycles. The van der Waals surface area contributed by atoms with Crippen molar-refractivity contribution in [3.05, 3.63) is 78.5 Å². The molecule has 1 aromatic carbocycles. The topological polar surface area (TPSA) is 166 Å². The van der Waals surface area contributed by atoms with Gasteiger partial charge in [0.25, 0.3) is 5.91 Å². The molecular formula is C36H40N8O4. The Kier molecular flexibility index (Phi) is 9.32. The van der Waals surface area contributed by atoms with Crippen molar-refractivity contribution >= 4 is 45.3 Å². The Balaban J connectivity index is 1.18. The molecule has 248 valence electrons. The number of aromatic amines is 1. The Hall–Kier alpha value is -5.23. The summed E-state index contributed by atoms with van der Waals surface area (Å²) in [5.41, 5.74) is 6.82. The average Bonchev–Trinajstić information content (AvgIpc) is 3.55. The van der Waals surface area contributed by atoms with E-state index in [0.717, 1.165) is 103 Å². The van der Waals surface area contributed by atoms with Crippen molar-refractivity contribution < 1.29 is 19.4 Å². The number of carbonyl (C=O) groups is 2. The summed E-state index contributed by atoms with van der Waals surface area (Å²) in [6.45, 7) is 2.79. The molecule has 5 heterocycles. The van der Waals surface area contributed by atoms with Crippen LogP contribution in [0.4, 0.5) is 16.2 Å². The first-order valence-corrected chi connectivity index (χ1v) is 16.6. The normalized spacial score (nSPS) is 18.4. The Labute approximate surface area is 278 Å². The third-order valence-corrected chi connectivity index (χ3v) is 9.47. The lowest BCUT2D eigenvalue weighted by Crippen LogP contribution is -2.39. The molecule has 1 aliphatic heterocycles. The molecule has 12 nitrogen and oxygen atoms in total. The number of rotatable bonds is 10. The lowest BCUT2D eigenvalue weighted by Gasteiger charge is -2.31. The second-order valence-corrected chi connectivity index (χ2v) is 12.7. The molecule has 0 unspecified atom stereocenters. The Morgan fingerprint density at radius 2 is 1.77 bits per heavy atom. The molecule has 0 atom stereocenters. The highest BCUT2D eigenvalue weighted by Crippen LogP contribution is 2.37. The van der Waals surface area contributed by atoms with Gasteiger partial charge < -0.3 is 36.1 Å². The lowest BCUT2D eigenvalue weighted by atomic mass is 9.90. The quantitative estimate of drug-likeness (QED) is 0.108. The van der Waals surface area contributed by atoms with Gasteiger partial charge in [-0.3, -0.25) is 14.8 Å². The van der Waals surface area contributed by atoms with Crippen molar-refractivity contribution in [1.29, 1.82) is 0 Å². The van der Waals surface area contributed by atoms with Gasteiger partial charge in [-0.05, 0) is 79.8 Å². The first kappa shape index (κ1) is 31.4. The molecule has 2 aliphatic rings. The minimum Gasteiger partial charge on any atom is -0.465 e. The van der Waals surface area contributed by atoms with Gasteiger partial charge in [0.15, 0.2) is 0 Å². The summed E-state index contributed by atoms with van der Waals surface area (Å²) >= 11 is 0. The summed E-state index contributed by atoms with van der Waals surface area (Å²) < 4.78 is 5.57. The standard InChI is InChI=1S/C36H40N8O4/c45-35(42-18-23-2-1-11-37-16-23)25-15-28-30(20-41-34(28)40-19-25)24-3-8-31-29(14-24)33(43-26-4-6-27(7-5-26)44-36(46)47)32(21-39-31)38-17-22-9-12-48-13-10-22/h1-3,8,11,14-16,19-22,26-27,38,44H,4-7,9-10,12-13,17-18H2,(H,39,43)(H,40,41)(H,42,45)(H,46,47). The van der Waals surface area contributed by atoms with Crippen LogP contribution in [0.25, 0.3) is 33.1 Å². The van der Waals surface area contributed by atoms with Crippen molar-refractivity contribution in [2.24, 2.45) is 5.92 Å². The highest BCUT2D eigenvalue weighted by Gasteiger charge is 2.24. The first-order valence-electron chi connectivity index (χ1n) is 16.6. The van der Waals surface area contributed by atoms with Gasteiger partial charge >= 0.3 is 6.09 Å². The van der Waals surface area contributed by atoms with Crippen molar-refractivity contribution in [2.45, 2.75) is 57.2 Å². The van der Waals surface area contributed by atoms with E-state index < -0.39 is 6.09 Å². The predicted molar refractivity (Wildman–Crippen MR) is 185 cm³/mol. The summed E-state index contributed by atoms with van der Waals surface area (Å²) in [4.78, 5) is 41.1. The van der Waals surface area contributed by atoms with Crippen LogP contribution in [0.2, 0.25) is 0 Å². The van der Waals surface area contributed by atoms with E-state index in [2.05, 4.69) is 48.4 Å². The van der Waals surface area contributed by atoms with Crippen LogP contribution in [-0.2, 0) is 11.3 Å². The van der Waals surface area contributed by atoms with Gasteiger partial charge in [0.1, 0.15) is 5.65 Å². The first-order chi connectivity index (χ1) is 23.5. The van der Waals surface area contributed by atoms with Crippen LogP contribution in [0, 0.1) is 5.92 Å². The molecular weight excluding hydrogens is 608 g/mol. The molecule has 7 rings (SSSR count). The van der Waals surface area contributed by atoms with Crippen LogP contribution in [0.3, 0.4) is 0 Å². The van der Waals surface area contributed by atoms with Crippen LogP contribution >= 0.6 is 0 Å². The zero-order chi connectivity index (χ0) is 32.9. The number of amides is 2. The van der Waals surface area contributed by atoms with E-state index in [1.807, 2.05) is 36.7 Å². The second-order valence-electron chi connectivity index (χ2n) is 12.7. The van der Waals surface area contributed by atoms with E-state index in [0.29, 0.717) is 23.7 Å². The van der Waals surface area contributed by atoms with Gasteiger partial charge in [-0.25, -0.2) is 9.78 Å². The monoisotopic (exact) mass is 648 g/mol. The number of pyridine rings is 3. The molecule has 48 heavy (non-hydrogen) atoms. The van der Waals surface area contributed by atoms with Crippen molar-refractivity contribution in [1.82, 2.24) is 30.6 Å². The number of ether oxygens (including phenoxy) is 1. The number of anilines is 2. The van der Waals surface area contributed by atoms with E-state index >= 15 is 0 Å². The molecule has 2 fully saturated rings. The summed E-state index contributed by atoms with van der Waals surface area (Å²) in [7, 11) is 0. The molecule has 1 saturated heterocycles. The maximum Gasteiger partial charge on any atom is 0.404 e. The van der Waals surface area contributed by atoms with E-state index in [-0.39, 0.29) is 18.0 Å². The van der Waals surface area contributed by atoms with Gasteiger partial charge in [-0.15, -0.1) is 0 Å². The van der Waals surface area contributed by atoms with Crippen LogP contribution in [-0.4, -0.2) is 68.9 Å². The van der Waals surface area contributed by atoms with Gasteiger partial charge in [0.05, 0.1) is 28.7 Å². The largest absolute Gasteiger partial charge is 0.465 e. The summed E-state index contributed by atoms with van der Waals surface area (Å²) in [6.07, 6.45) is 13.2. The number of carbonyl (C=O) groups excluding carboxylic acids is 1. The van der Waals surface area contributed by atoms with Crippen LogP contribution in [0.1, 0.15) is 54.4 Å². The van der Waals surface area contributed by atoms with Gasteiger partial charge in [-0.2, -0.15) is 0 Å². The Bertz CT molecular complexity index is 1900. The second kappa shape index (κ2) is 14.3. The van der Waals surface area contributed by atoms with Crippen LogP contribution < -0.4 is 21.3 Å². The number of H-pyrrole nitrogens is 1. The number of nitrogens with zero attached hydrogens (tertiary/aromatic N) is 3. The van der Waals surface area contributed by atoms with Crippen molar-refractivity contribution in [3.8, 4) is 11.1 Å². The maximum atomic E-state index is 13.1. The predicted octanol–water partition coefficient (Wildman–Crippen LogP) is 5.93. The molecule has 5 aromatic rings. The number of aromatic nitrogens is 4. The average molecular weight is 649 g/mol. The highest BCUT2D eigenvalue weighted by atomic mass is 16.5. The molecule has 6 N–H and O–H groups in total. The number of benzene rings is 1. The zero-order valence-electron chi connectivity index (χ0n) is 26.7. The minimum absolute atomic E-state index is 0.0229. The van der Waals surface area contributed by atoms with Crippen molar-refractivity contribution in [3.63, 3.8) is 0 Å². The van der Waals surface area contributed by atoms with E-state index in [1.165, 1.54) is 0 Å². The van der Waals surface area contributed by atoms with E-state index in [9.17, 15) is 14.7 Å². The number of fused-ring (bicyclic) bond motifs is 2. The fourth-order valence-corrected chi connectivity index (χ4v) is 6.77. The molecule has 0 bridgehead atoms. The summed E-state index contributed by atoms with van der Waals surface area (Å²) in [5, 5.41) is 24.2. The van der Waals surface area contributed by atoms with Gasteiger partial charge in [0.2, 0.25) is 0 Å². The molecule has 12 heteroatoms. The fourth-order valence-electron chi connectivity index (χ4n) is 6.77. The zero-order valence-corrected chi connectivity index (χ0v) is 26.7. The maximum absolute atomic E-state index is 13.1. The van der Waals surface area contributed by atoms with E-state index in [1.54, 1.807) is 18.6 Å². The lowest BCUT2D eigenvalue weighted by molar-refractivity contribution is 0.0699. The smallest absolute Gasteiger partial charge is 0.404 e. The third kappa shape index (κ3) is 7.18. The number of hydrogen-bond donors (Lipinski definition) is 6.